The van der Waals surface area contributed by atoms with E-state index in [1.165, 1.54) is 5.56 Å². The van der Waals surface area contributed by atoms with Gasteiger partial charge in [-0.25, -0.2) is 4.68 Å². The summed E-state index contributed by atoms with van der Waals surface area (Å²) in [4.78, 5) is 0. The molecule has 0 aliphatic carbocycles. The Hall–Kier alpha value is -2.30. The van der Waals surface area contributed by atoms with E-state index in [1.54, 1.807) is 11.7 Å². The van der Waals surface area contributed by atoms with Gasteiger partial charge in [0.15, 0.2) is 0 Å². The van der Waals surface area contributed by atoms with E-state index in [1.807, 2.05) is 31.2 Å². The van der Waals surface area contributed by atoms with Crippen molar-refractivity contribution < 1.29 is 4.74 Å². The second kappa shape index (κ2) is 5.36. The summed E-state index contributed by atoms with van der Waals surface area (Å²) in [5, 5.41) is 11.9. The second-order valence-electron chi connectivity index (χ2n) is 5.13. The Balaban J connectivity index is 2.32. The van der Waals surface area contributed by atoms with Crippen LogP contribution in [0.4, 0.5) is 0 Å². The molecule has 0 radical (unpaired) electrons. The molecule has 106 valence electrons. The number of nitrogens with one attached hydrogen (secondary N) is 1. The molecule has 0 aliphatic heterocycles. The summed E-state index contributed by atoms with van der Waals surface area (Å²) in [6.07, 6.45) is 0. The molecule has 2 rings (SSSR count). The lowest BCUT2D eigenvalue weighted by Gasteiger charge is -2.10. The highest BCUT2D eigenvalue weighted by Crippen LogP contribution is 2.28. The first kappa shape index (κ1) is 14.1. The van der Waals surface area contributed by atoms with Gasteiger partial charge in [0.05, 0.1) is 5.69 Å². The van der Waals surface area contributed by atoms with Crippen molar-refractivity contribution >= 4 is 5.84 Å². The quantitative estimate of drug-likeness (QED) is 0.663. The maximum atomic E-state index is 7.63. The van der Waals surface area contributed by atoms with Gasteiger partial charge in [0.2, 0.25) is 5.88 Å². The van der Waals surface area contributed by atoms with Crippen molar-refractivity contribution in [2.24, 2.45) is 12.8 Å². The Morgan fingerprint density at radius 2 is 1.90 bits per heavy atom. The number of hydrogen-bond acceptors (Lipinski definition) is 3. The summed E-state index contributed by atoms with van der Waals surface area (Å²) in [5.41, 5.74) is 8.08. The number of hydrogen-bond donors (Lipinski definition) is 2. The van der Waals surface area contributed by atoms with Gasteiger partial charge in [-0.1, -0.05) is 26.0 Å². The lowest BCUT2D eigenvalue weighted by Crippen LogP contribution is -2.13. The molecule has 1 aromatic carbocycles. The molecule has 0 atom stereocenters. The fourth-order valence-electron chi connectivity index (χ4n) is 2.10. The number of benzene rings is 1. The predicted molar refractivity (Wildman–Crippen MR) is 79.6 cm³/mol. The minimum atomic E-state index is -0.0376. The normalized spacial score (nSPS) is 10.8. The highest BCUT2D eigenvalue weighted by Gasteiger charge is 2.17. The van der Waals surface area contributed by atoms with Crippen LogP contribution in [0.25, 0.3) is 0 Å². The van der Waals surface area contributed by atoms with Gasteiger partial charge in [0.1, 0.15) is 17.1 Å². The molecule has 5 nitrogen and oxygen atoms in total. The van der Waals surface area contributed by atoms with Crippen LogP contribution in [0.2, 0.25) is 0 Å². The maximum Gasteiger partial charge on any atom is 0.228 e. The van der Waals surface area contributed by atoms with Crippen molar-refractivity contribution in [1.29, 1.82) is 5.41 Å². The third kappa shape index (κ3) is 2.66. The first-order valence-electron chi connectivity index (χ1n) is 6.56. The van der Waals surface area contributed by atoms with E-state index in [-0.39, 0.29) is 5.84 Å². The molecule has 1 heterocycles. The lowest BCUT2D eigenvalue weighted by atomic mass is 10.0. The zero-order chi connectivity index (χ0) is 14.9. The van der Waals surface area contributed by atoms with Crippen LogP contribution in [-0.2, 0) is 7.05 Å². The van der Waals surface area contributed by atoms with Gasteiger partial charge < -0.3 is 10.5 Å². The summed E-state index contributed by atoms with van der Waals surface area (Å²) in [5.74, 6) is 1.65. The Morgan fingerprint density at radius 3 is 2.40 bits per heavy atom. The fraction of sp³-hybridized carbons (Fsp3) is 0.333. The van der Waals surface area contributed by atoms with E-state index in [0.29, 0.717) is 28.8 Å². The molecule has 0 fully saturated rings. The molecule has 0 bridgehead atoms. The van der Waals surface area contributed by atoms with Crippen LogP contribution in [0.3, 0.4) is 0 Å². The number of ether oxygens (including phenoxy) is 1. The van der Waals surface area contributed by atoms with Crippen LogP contribution in [0.5, 0.6) is 11.6 Å². The molecular weight excluding hydrogens is 252 g/mol. The van der Waals surface area contributed by atoms with Gasteiger partial charge in [0, 0.05) is 7.05 Å². The van der Waals surface area contributed by atoms with Gasteiger partial charge in [0.25, 0.3) is 0 Å². The monoisotopic (exact) mass is 272 g/mol. The maximum absolute atomic E-state index is 7.63. The standard InChI is InChI=1S/C15H20N4O/c1-9(2)11-5-7-12(8-6-11)20-15-13(14(16)17)10(3)18-19(15)4/h5-9H,1-4H3,(H3,16,17). The topological polar surface area (TPSA) is 76.9 Å². The Bertz CT molecular complexity index is 626. The largest absolute Gasteiger partial charge is 0.439 e. The van der Waals surface area contributed by atoms with E-state index in [2.05, 4.69) is 18.9 Å². The average molecular weight is 272 g/mol. The van der Waals surface area contributed by atoms with Gasteiger partial charge >= 0.3 is 0 Å². The highest BCUT2D eigenvalue weighted by molar-refractivity contribution is 5.98. The molecule has 20 heavy (non-hydrogen) atoms. The number of nitrogens with two attached hydrogens (primary N) is 1. The SMILES string of the molecule is Cc1nn(C)c(Oc2ccc(C(C)C)cc2)c1C(=N)N. The van der Waals surface area contributed by atoms with E-state index in [0.717, 1.165) is 0 Å². The molecule has 0 saturated heterocycles. The molecule has 2 aromatic rings. The molecular formula is C15H20N4O. The average Bonchev–Trinajstić information content (AvgIpc) is 2.64. The molecule has 0 spiro atoms. The molecule has 3 N–H and O–H groups in total. The Morgan fingerprint density at radius 1 is 1.30 bits per heavy atom. The molecule has 0 amide bonds. The van der Waals surface area contributed by atoms with Gasteiger partial charge in [-0.3, -0.25) is 5.41 Å². The van der Waals surface area contributed by atoms with Crippen molar-refractivity contribution in [2.45, 2.75) is 26.7 Å². The summed E-state index contributed by atoms with van der Waals surface area (Å²) in [6.45, 7) is 6.11. The van der Waals surface area contributed by atoms with Crippen LogP contribution in [0.1, 0.15) is 36.6 Å². The van der Waals surface area contributed by atoms with Crippen LogP contribution < -0.4 is 10.5 Å². The predicted octanol–water partition coefficient (Wildman–Crippen LogP) is 2.93. The van der Waals surface area contributed by atoms with E-state index >= 15 is 0 Å². The first-order valence-corrected chi connectivity index (χ1v) is 6.56. The van der Waals surface area contributed by atoms with Crippen LogP contribution in [0, 0.1) is 12.3 Å². The van der Waals surface area contributed by atoms with Crippen LogP contribution in [0.15, 0.2) is 24.3 Å². The third-order valence-corrected chi connectivity index (χ3v) is 3.20. The minimum absolute atomic E-state index is 0.0376. The van der Waals surface area contributed by atoms with Crippen molar-refractivity contribution in [3.63, 3.8) is 0 Å². The Labute approximate surface area is 118 Å². The number of aromatic nitrogens is 2. The molecule has 0 aliphatic rings. The third-order valence-electron chi connectivity index (χ3n) is 3.20. The Kier molecular flexibility index (Phi) is 3.79. The van der Waals surface area contributed by atoms with Crippen LogP contribution in [-0.4, -0.2) is 15.6 Å². The van der Waals surface area contributed by atoms with Crippen molar-refractivity contribution in [3.05, 3.63) is 41.1 Å². The number of amidine groups is 1. The number of nitrogen functional groups attached to an aromatic ring is 1. The fourth-order valence-corrected chi connectivity index (χ4v) is 2.10. The summed E-state index contributed by atoms with van der Waals surface area (Å²) in [6, 6.07) is 7.91. The van der Waals surface area contributed by atoms with E-state index in [4.69, 9.17) is 15.9 Å². The minimum Gasteiger partial charge on any atom is -0.439 e. The van der Waals surface area contributed by atoms with Crippen molar-refractivity contribution in [3.8, 4) is 11.6 Å². The second-order valence-corrected chi connectivity index (χ2v) is 5.13. The summed E-state index contributed by atoms with van der Waals surface area (Å²) >= 11 is 0. The van der Waals surface area contributed by atoms with Gasteiger partial charge in [-0.05, 0) is 30.5 Å². The van der Waals surface area contributed by atoms with Gasteiger partial charge in [-0.2, -0.15) is 5.10 Å². The molecule has 0 unspecified atom stereocenters. The summed E-state index contributed by atoms with van der Waals surface area (Å²) in [7, 11) is 1.78. The van der Waals surface area contributed by atoms with E-state index < -0.39 is 0 Å². The number of nitrogens with zero attached hydrogens (tertiary/aromatic N) is 2. The van der Waals surface area contributed by atoms with Gasteiger partial charge in [-0.15, -0.1) is 0 Å². The summed E-state index contributed by atoms with van der Waals surface area (Å²) < 4.78 is 7.44. The van der Waals surface area contributed by atoms with Crippen molar-refractivity contribution in [1.82, 2.24) is 9.78 Å². The smallest absolute Gasteiger partial charge is 0.228 e. The van der Waals surface area contributed by atoms with Crippen molar-refractivity contribution in [2.75, 3.05) is 0 Å². The highest BCUT2D eigenvalue weighted by atomic mass is 16.5. The lowest BCUT2D eigenvalue weighted by molar-refractivity contribution is 0.429. The molecule has 0 saturated carbocycles. The number of rotatable bonds is 4. The number of aryl methyl sites for hydroxylation is 2. The zero-order valence-corrected chi connectivity index (χ0v) is 12.3. The van der Waals surface area contributed by atoms with E-state index in [9.17, 15) is 0 Å². The van der Waals surface area contributed by atoms with Crippen LogP contribution >= 0.6 is 0 Å². The zero-order valence-electron chi connectivity index (χ0n) is 12.3. The first-order chi connectivity index (χ1) is 9.40. The molecule has 1 aromatic heterocycles. The molecule has 5 heteroatoms.